The molecule has 1 aromatic rings. The average Bonchev–Trinajstić information content (AvgIpc) is 2.06. The van der Waals surface area contributed by atoms with E-state index in [1.807, 2.05) is 0 Å². The van der Waals surface area contributed by atoms with Gasteiger partial charge in [0.2, 0.25) is 0 Å². The second kappa shape index (κ2) is 5.02. The van der Waals surface area contributed by atoms with Crippen LogP contribution in [0.3, 0.4) is 0 Å². The summed E-state index contributed by atoms with van der Waals surface area (Å²) in [6.07, 6.45) is 0. The van der Waals surface area contributed by atoms with Gasteiger partial charge in [-0.15, -0.1) is 0 Å². The molecule has 12 heavy (non-hydrogen) atoms. The van der Waals surface area contributed by atoms with Gasteiger partial charge in [0, 0.05) is 0 Å². The van der Waals surface area contributed by atoms with Crippen LogP contribution < -0.4 is 4.04 Å². The van der Waals surface area contributed by atoms with Crippen molar-refractivity contribution in [3.8, 4) is 0 Å². The maximum absolute atomic E-state index is 5.66. The second-order valence-electron chi connectivity index (χ2n) is 2.87. The van der Waals surface area contributed by atoms with Crippen molar-refractivity contribution in [3.63, 3.8) is 0 Å². The minimum absolute atomic E-state index is 0.559. The predicted octanol–water partition coefficient (Wildman–Crippen LogP) is 2.71. The van der Waals surface area contributed by atoms with Gasteiger partial charge in [0.25, 0.3) is 0 Å². The van der Waals surface area contributed by atoms with Gasteiger partial charge in [-0.3, -0.25) is 0 Å². The van der Waals surface area contributed by atoms with E-state index in [1.54, 1.807) is 0 Å². The molecule has 0 bridgehead atoms. The Bertz CT molecular complexity index is 228. The number of alkyl halides is 1. The van der Waals surface area contributed by atoms with Crippen LogP contribution in [0.25, 0.3) is 0 Å². The van der Waals surface area contributed by atoms with Crippen molar-refractivity contribution >= 4 is 15.6 Å². The Hall–Kier alpha value is 0.172. The topological polar surface area (TPSA) is 0 Å². The van der Waals surface area contributed by atoms with Crippen molar-refractivity contribution in [2.45, 2.75) is 19.8 Å². The molecular weight excluding hydrogens is 262 g/mol. The summed E-state index contributed by atoms with van der Waals surface area (Å²) in [6.45, 7) is 4.42. The Morgan fingerprint density at radius 1 is 1.25 bits per heavy atom. The van der Waals surface area contributed by atoms with Crippen LogP contribution in [0.5, 0.6) is 0 Å². The summed E-state index contributed by atoms with van der Waals surface area (Å²) in [5.41, 5.74) is 1.40. The summed E-state index contributed by atoms with van der Waals surface area (Å²) in [5.74, 6) is 0.626. The molecule has 0 aliphatic rings. The molecule has 0 radical (unpaired) electrons. The average molecular weight is 275 g/mol. The van der Waals surface area contributed by atoms with Gasteiger partial charge >= 0.3 is 87.6 Å². The van der Waals surface area contributed by atoms with Crippen LogP contribution in [0.15, 0.2) is 24.3 Å². The monoisotopic (exact) mass is 274 g/mol. The van der Waals surface area contributed by atoms with Crippen LogP contribution in [0.4, 0.5) is 0 Å². The third kappa shape index (κ3) is 2.90. The number of halogens is 1. The van der Waals surface area contributed by atoms with Crippen LogP contribution >= 0.6 is 11.6 Å². The maximum atomic E-state index is 5.66. The van der Waals surface area contributed by atoms with Crippen LogP contribution in [0.2, 0.25) is 0 Å². The normalized spacial score (nSPS) is 11.0. The van der Waals surface area contributed by atoms with Crippen LogP contribution in [0.1, 0.15) is 25.3 Å². The van der Waals surface area contributed by atoms with E-state index in [0.717, 1.165) is 4.35 Å². The van der Waals surface area contributed by atoms with Crippen molar-refractivity contribution in [2.24, 2.45) is 0 Å². The van der Waals surface area contributed by atoms with Crippen LogP contribution in [-0.4, -0.2) is 4.35 Å². The van der Waals surface area contributed by atoms with Gasteiger partial charge in [-0.05, 0) is 0 Å². The van der Waals surface area contributed by atoms with Gasteiger partial charge in [0.05, 0.1) is 0 Å². The summed E-state index contributed by atoms with van der Waals surface area (Å²) in [5, 5.41) is 0. The SMILES string of the molecule is CC(C)c1cc[c]([Pd][CH2]Cl)cc1. The molecule has 0 saturated heterocycles. The molecule has 70 valence electrons. The number of benzene rings is 1. The Morgan fingerprint density at radius 3 is 2.25 bits per heavy atom. The van der Waals surface area contributed by atoms with E-state index in [-0.39, 0.29) is 0 Å². The van der Waals surface area contributed by atoms with Crippen molar-refractivity contribution in [1.82, 2.24) is 0 Å². The molecule has 0 aromatic heterocycles. The first-order valence-electron chi connectivity index (χ1n) is 3.91. The third-order valence-electron chi connectivity index (χ3n) is 1.69. The van der Waals surface area contributed by atoms with Crippen molar-refractivity contribution in [3.05, 3.63) is 29.8 Å². The molecule has 2 heteroatoms. The molecule has 0 nitrogen and oxygen atoms in total. The zero-order chi connectivity index (χ0) is 8.97. The van der Waals surface area contributed by atoms with Gasteiger partial charge in [0.1, 0.15) is 0 Å². The number of hydrogen-bond donors (Lipinski definition) is 0. The zero-order valence-electron chi connectivity index (χ0n) is 7.29. The van der Waals surface area contributed by atoms with Crippen LogP contribution in [0, 0.1) is 0 Å². The Balaban J connectivity index is 2.71. The molecule has 0 N–H and O–H groups in total. The van der Waals surface area contributed by atoms with Crippen LogP contribution in [-0.2, 0) is 18.0 Å². The molecule has 0 aliphatic heterocycles. The third-order valence-corrected chi connectivity index (χ3v) is 3.55. The Kier molecular flexibility index (Phi) is 4.29. The fourth-order valence-electron chi connectivity index (χ4n) is 0.961. The molecule has 0 atom stereocenters. The van der Waals surface area contributed by atoms with Crippen molar-refractivity contribution < 1.29 is 18.0 Å². The van der Waals surface area contributed by atoms with Gasteiger partial charge < -0.3 is 0 Å². The summed E-state index contributed by atoms with van der Waals surface area (Å²) in [7, 11) is 0. The fourth-order valence-corrected chi connectivity index (χ4v) is 2.40. The van der Waals surface area contributed by atoms with E-state index in [4.69, 9.17) is 11.6 Å². The summed E-state index contributed by atoms with van der Waals surface area (Å²) >= 11 is 6.22. The van der Waals surface area contributed by atoms with Gasteiger partial charge in [-0.2, -0.15) is 0 Å². The molecule has 1 aromatic carbocycles. The van der Waals surface area contributed by atoms with E-state index in [1.165, 1.54) is 9.60 Å². The minimum atomic E-state index is 0.559. The number of hydrogen-bond acceptors (Lipinski definition) is 0. The van der Waals surface area contributed by atoms with E-state index in [2.05, 4.69) is 38.1 Å². The summed E-state index contributed by atoms with van der Waals surface area (Å²) < 4.78 is 2.14. The van der Waals surface area contributed by atoms with E-state index in [9.17, 15) is 0 Å². The molecule has 1 rings (SSSR count). The molecule has 0 unspecified atom stereocenters. The van der Waals surface area contributed by atoms with Gasteiger partial charge in [0.15, 0.2) is 0 Å². The van der Waals surface area contributed by atoms with E-state index >= 15 is 0 Å². The van der Waals surface area contributed by atoms with Crippen molar-refractivity contribution in [2.75, 3.05) is 4.35 Å². The van der Waals surface area contributed by atoms with Gasteiger partial charge in [-0.25, -0.2) is 0 Å². The first kappa shape index (κ1) is 10.3. The molecule has 0 aliphatic carbocycles. The summed E-state index contributed by atoms with van der Waals surface area (Å²) in [6, 6.07) is 8.77. The first-order valence-corrected chi connectivity index (χ1v) is 6.32. The number of rotatable bonds is 3. The predicted molar refractivity (Wildman–Crippen MR) is 50.9 cm³/mol. The molecule has 0 fully saturated rings. The fraction of sp³-hybridized carbons (Fsp3) is 0.400. The zero-order valence-corrected chi connectivity index (χ0v) is 9.60. The summed E-state index contributed by atoms with van der Waals surface area (Å²) in [4.78, 5) is 0. The van der Waals surface area contributed by atoms with Crippen molar-refractivity contribution in [1.29, 1.82) is 0 Å². The van der Waals surface area contributed by atoms with E-state index < -0.39 is 0 Å². The molecule has 0 amide bonds. The Labute approximate surface area is 87.5 Å². The first-order chi connectivity index (χ1) is 5.74. The quantitative estimate of drug-likeness (QED) is 0.587. The van der Waals surface area contributed by atoms with E-state index in [0.29, 0.717) is 23.9 Å². The molecule has 0 spiro atoms. The second-order valence-corrected chi connectivity index (χ2v) is 5.73. The Morgan fingerprint density at radius 2 is 1.83 bits per heavy atom. The molecule has 0 saturated carbocycles. The standard InChI is InChI=1S/C9H11.CH2Cl.Pd/c1-8(2)9-6-4-3-5-7-9;1-2;/h4-8H,1-2H3;1H2;. The molecular formula is C10H13ClPd. The van der Waals surface area contributed by atoms with Gasteiger partial charge in [-0.1, -0.05) is 0 Å². The molecule has 0 heterocycles.